The van der Waals surface area contributed by atoms with Crippen LogP contribution >= 0.6 is 23.1 Å². The highest BCUT2D eigenvalue weighted by molar-refractivity contribution is 8.00. The molecule has 26 heavy (non-hydrogen) atoms. The minimum atomic E-state index is -0.381. The summed E-state index contributed by atoms with van der Waals surface area (Å²) in [5.74, 6) is 0.523. The van der Waals surface area contributed by atoms with E-state index in [1.165, 1.54) is 23.1 Å². The van der Waals surface area contributed by atoms with Gasteiger partial charge in [-0.2, -0.15) is 0 Å². The van der Waals surface area contributed by atoms with Crippen LogP contribution in [-0.4, -0.2) is 41.1 Å². The Morgan fingerprint density at radius 1 is 1.42 bits per heavy atom. The molecule has 1 amide bonds. The summed E-state index contributed by atoms with van der Waals surface area (Å²) >= 11 is 2.66. The van der Waals surface area contributed by atoms with E-state index < -0.39 is 0 Å². The molecule has 0 saturated carbocycles. The maximum absolute atomic E-state index is 12.4. The molecule has 1 atom stereocenters. The molecule has 3 rings (SSSR count). The number of carbonyl (C=O) groups is 1. The van der Waals surface area contributed by atoms with E-state index in [-0.39, 0.29) is 11.2 Å². The Kier molecular flexibility index (Phi) is 5.74. The lowest BCUT2D eigenvalue weighted by Gasteiger charge is -2.11. The molecule has 0 fully saturated rings. The van der Waals surface area contributed by atoms with Crippen molar-refractivity contribution in [2.75, 3.05) is 5.32 Å². The van der Waals surface area contributed by atoms with Crippen LogP contribution in [0.4, 0.5) is 5.13 Å². The van der Waals surface area contributed by atoms with Crippen LogP contribution in [0.2, 0.25) is 0 Å². The van der Waals surface area contributed by atoms with Gasteiger partial charge in [0.1, 0.15) is 5.01 Å². The molecule has 1 unspecified atom stereocenters. The van der Waals surface area contributed by atoms with E-state index in [9.17, 15) is 4.79 Å². The quantitative estimate of drug-likeness (QED) is 0.491. The topological polar surface area (TPSA) is 98.5 Å². The number of allylic oxidation sites excluding steroid dienone is 1. The van der Waals surface area contributed by atoms with Crippen LogP contribution in [-0.2, 0) is 11.3 Å². The van der Waals surface area contributed by atoms with E-state index in [0.29, 0.717) is 22.7 Å². The van der Waals surface area contributed by atoms with Gasteiger partial charge in [0.15, 0.2) is 11.0 Å². The van der Waals surface area contributed by atoms with Crippen molar-refractivity contribution in [2.45, 2.75) is 30.8 Å². The number of pyridine rings is 1. The van der Waals surface area contributed by atoms with Crippen molar-refractivity contribution in [3.63, 3.8) is 0 Å². The number of thioether (sulfide) groups is 1. The minimum absolute atomic E-state index is 0.165. The largest absolute Gasteiger partial charge is 0.300 e. The average molecular weight is 387 g/mol. The van der Waals surface area contributed by atoms with Crippen LogP contribution < -0.4 is 5.32 Å². The van der Waals surface area contributed by atoms with Crippen molar-refractivity contribution in [1.29, 1.82) is 0 Å². The van der Waals surface area contributed by atoms with Crippen molar-refractivity contribution in [1.82, 2.24) is 29.9 Å². The fourth-order valence-electron chi connectivity index (χ4n) is 2.14. The second kappa shape index (κ2) is 8.19. The lowest BCUT2D eigenvalue weighted by atomic mass is 10.3. The van der Waals surface area contributed by atoms with Gasteiger partial charge in [-0.05, 0) is 26.0 Å². The van der Waals surface area contributed by atoms with E-state index in [1.54, 1.807) is 18.5 Å². The van der Waals surface area contributed by atoms with E-state index in [1.807, 2.05) is 30.5 Å². The maximum Gasteiger partial charge on any atom is 0.239 e. The number of aromatic nitrogens is 6. The molecule has 0 bridgehead atoms. The zero-order chi connectivity index (χ0) is 18.5. The van der Waals surface area contributed by atoms with E-state index in [2.05, 4.69) is 37.3 Å². The SMILES string of the molecule is C=CCn1c(SC(C)C(=O)Nc2nnc(C)s2)nnc1-c1cccnc1. The zero-order valence-corrected chi connectivity index (χ0v) is 15.9. The van der Waals surface area contributed by atoms with E-state index >= 15 is 0 Å². The van der Waals surface area contributed by atoms with Crippen LogP contribution in [0.15, 0.2) is 42.3 Å². The molecular weight excluding hydrogens is 370 g/mol. The zero-order valence-electron chi connectivity index (χ0n) is 14.3. The number of amides is 1. The molecular formula is C16H17N7OS2. The fraction of sp³-hybridized carbons (Fsp3) is 0.250. The van der Waals surface area contributed by atoms with Crippen LogP contribution in [0.1, 0.15) is 11.9 Å². The number of hydrogen-bond donors (Lipinski definition) is 1. The molecule has 3 aromatic rings. The Morgan fingerprint density at radius 3 is 2.92 bits per heavy atom. The molecule has 0 saturated heterocycles. The number of carbonyl (C=O) groups excluding carboxylic acids is 1. The predicted octanol–water partition coefficient (Wildman–Crippen LogP) is 2.81. The van der Waals surface area contributed by atoms with Gasteiger partial charge in [0.2, 0.25) is 11.0 Å². The van der Waals surface area contributed by atoms with Crippen molar-refractivity contribution in [2.24, 2.45) is 0 Å². The molecule has 0 radical (unpaired) electrons. The number of aryl methyl sites for hydroxylation is 1. The van der Waals surface area contributed by atoms with Gasteiger partial charge in [0.05, 0.1) is 5.25 Å². The van der Waals surface area contributed by atoms with Gasteiger partial charge < -0.3 is 0 Å². The molecule has 134 valence electrons. The summed E-state index contributed by atoms with van der Waals surface area (Å²) in [5, 5.41) is 20.6. The van der Waals surface area contributed by atoms with Gasteiger partial charge in [-0.3, -0.25) is 19.7 Å². The normalized spacial score (nSPS) is 11.9. The highest BCUT2D eigenvalue weighted by Gasteiger charge is 2.21. The molecule has 0 spiro atoms. The maximum atomic E-state index is 12.4. The minimum Gasteiger partial charge on any atom is -0.300 e. The number of nitrogens with one attached hydrogen (secondary N) is 1. The highest BCUT2D eigenvalue weighted by Crippen LogP contribution is 2.27. The van der Waals surface area contributed by atoms with Crippen LogP contribution in [0, 0.1) is 6.92 Å². The lowest BCUT2D eigenvalue weighted by molar-refractivity contribution is -0.115. The van der Waals surface area contributed by atoms with Crippen molar-refractivity contribution < 1.29 is 4.79 Å². The van der Waals surface area contributed by atoms with Crippen molar-refractivity contribution in [3.8, 4) is 11.4 Å². The molecule has 8 nitrogen and oxygen atoms in total. The summed E-state index contributed by atoms with van der Waals surface area (Å²) in [7, 11) is 0. The third kappa shape index (κ3) is 4.14. The summed E-state index contributed by atoms with van der Waals surface area (Å²) in [6, 6.07) is 3.76. The molecule has 3 heterocycles. The molecule has 3 aromatic heterocycles. The molecule has 1 N–H and O–H groups in total. The van der Waals surface area contributed by atoms with Gasteiger partial charge in [-0.25, -0.2) is 0 Å². The number of nitrogens with zero attached hydrogens (tertiary/aromatic N) is 6. The average Bonchev–Trinajstić information content (AvgIpc) is 3.22. The summed E-state index contributed by atoms with van der Waals surface area (Å²) < 4.78 is 1.91. The first-order valence-electron chi connectivity index (χ1n) is 7.80. The van der Waals surface area contributed by atoms with Crippen LogP contribution in [0.25, 0.3) is 11.4 Å². The lowest BCUT2D eigenvalue weighted by Crippen LogP contribution is -2.22. The molecule has 0 aliphatic rings. The third-order valence-corrected chi connectivity index (χ3v) is 5.19. The van der Waals surface area contributed by atoms with Gasteiger partial charge in [0.25, 0.3) is 0 Å². The van der Waals surface area contributed by atoms with Gasteiger partial charge in [-0.1, -0.05) is 29.2 Å². The Morgan fingerprint density at radius 2 is 2.27 bits per heavy atom. The monoisotopic (exact) mass is 387 g/mol. The first-order valence-corrected chi connectivity index (χ1v) is 9.50. The van der Waals surface area contributed by atoms with E-state index in [4.69, 9.17) is 0 Å². The summed E-state index contributed by atoms with van der Waals surface area (Å²) in [4.78, 5) is 16.5. The Labute approximate surface area is 158 Å². The second-order valence-corrected chi connectivity index (χ2v) is 7.81. The molecule has 10 heteroatoms. The van der Waals surface area contributed by atoms with Gasteiger partial charge >= 0.3 is 0 Å². The Hall–Kier alpha value is -2.59. The first-order chi connectivity index (χ1) is 12.6. The number of anilines is 1. The third-order valence-electron chi connectivity index (χ3n) is 3.36. The van der Waals surface area contributed by atoms with Gasteiger partial charge in [0, 0.05) is 24.5 Å². The molecule has 0 aliphatic heterocycles. The van der Waals surface area contributed by atoms with Crippen LogP contribution in [0.3, 0.4) is 0 Å². The number of hydrogen-bond acceptors (Lipinski definition) is 8. The Bertz CT molecular complexity index is 906. The van der Waals surface area contributed by atoms with Crippen molar-refractivity contribution >= 4 is 34.1 Å². The standard InChI is InChI=1S/C16H17N7OS2/c1-4-8-23-13(12-6-5-7-17-9-12)20-22-16(23)25-10(2)14(24)18-15-21-19-11(3)26-15/h4-7,9-10H,1,8H2,2-3H3,(H,18,21,24). The fourth-order valence-corrected chi connectivity index (χ4v) is 3.60. The van der Waals surface area contributed by atoms with E-state index in [0.717, 1.165) is 10.6 Å². The highest BCUT2D eigenvalue weighted by atomic mass is 32.2. The van der Waals surface area contributed by atoms with Crippen molar-refractivity contribution in [3.05, 3.63) is 42.2 Å². The molecule has 0 aromatic carbocycles. The summed E-state index contributed by atoms with van der Waals surface area (Å²) in [6.45, 7) is 7.97. The van der Waals surface area contributed by atoms with Gasteiger partial charge in [-0.15, -0.1) is 27.0 Å². The summed E-state index contributed by atoms with van der Waals surface area (Å²) in [6.07, 6.45) is 5.20. The predicted molar refractivity (Wildman–Crippen MR) is 102 cm³/mol. The smallest absolute Gasteiger partial charge is 0.239 e. The Balaban J connectivity index is 1.77. The first kappa shape index (κ1) is 18.2. The number of rotatable bonds is 7. The molecule has 0 aliphatic carbocycles. The van der Waals surface area contributed by atoms with Crippen LogP contribution in [0.5, 0.6) is 0 Å². The summed E-state index contributed by atoms with van der Waals surface area (Å²) in [5.41, 5.74) is 0.857. The second-order valence-electron chi connectivity index (χ2n) is 5.32.